The molecule has 0 radical (unpaired) electrons. The SMILES string of the molecule is CC=CC=CC(=O)NC(CN)C1CCCC1. The highest BCUT2D eigenvalue weighted by Crippen LogP contribution is 2.27. The topological polar surface area (TPSA) is 55.1 Å². The van der Waals surface area contributed by atoms with Gasteiger partial charge >= 0.3 is 0 Å². The number of hydrogen-bond donors (Lipinski definition) is 2. The van der Waals surface area contributed by atoms with Crippen LogP contribution in [0.2, 0.25) is 0 Å². The molecule has 0 heterocycles. The standard InChI is InChI=1S/C13H22N2O/c1-2-3-4-9-13(16)15-12(10-14)11-7-5-6-8-11/h2-4,9,11-12H,5-8,10,14H2,1H3,(H,15,16). The van der Waals surface area contributed by atoms with E-state index in [1.165, 1.54) is 25.7 Å². The van der Waals surface area contributed by atoms with E-state index in [0.717, 1.165) is 0 Å². The minimum Gasteiger partial charge on any atom is -0.348 e. The van der Waals surface area contributed by atoms with Crippen LogP contribution in [0.3, 0.4) is 0 Å². The minimum absolute atomic E-state index is 0.0413. The lowest BCUT2D eigenvalue weighted by Gasteiger charge is -2.22. The number of amides is 1. The van der Waals surface area contributed by atoms with Crippen molar-refractivity contribution in [2.75, 3.05) is 6.54 Å². The molecule has 0 aromatic carbocycles. The molecule has 1 unspecified atom stereocenters. The molecule has 90 valence electrons. The molecule has 16 heavy (non-hydrogen) atoms. The van der Waals surface area contributed by atoms with E-state index >= 15 is 0 Å². The Labute approximate surface area is 97.8 Å². The quantitative estimate of drug-likeness (QED) is 0.550. The zero-order valence-electron chi connectivity index (χ0n) is 9.99. The molecule has 0 aliphatic heterocycles. The van der Waals surface area contributed by atoms with Gasteiger partial charge in [0, 0.05) is 18.7 Å². The van der Waals surface area contributed by atoms with E-state index in [1.807, 2.05) is 19.1 Å². The Kier molecular flexibility index (Phi) is 5.86. The van der Waals surface area contributed by atoms with Crippen molar-refractivity contribution in [3.63, 3.8) is 0 Å². The van der Waals surface area contributed by atoms with Gasteiger partial charge in [-0.1, -0.05) is 31.1 Å². The summed E-state index contributed by atoms with van der Waals surface area (Å²) in [4.78, 5) is 11.6. The van der Waals surface area contributed by atoms with Gasteiger partial charge in [-0.3, -0.25) is 4.79 Å². The molecule has 0 aromatic rings. The molecule has 3 heteroatoms. The van der Waals surface area contributed by atoms with Crippen LogP contribution in [-0.2, 0) is 4.79 Å². The van der Waals surface area contributed by atoms with Crippen LogP contribution in [0.1, 0.15) is 32.6 Å². The van der Waals surface area contributed by atoms with Crippen molar-refractivity contribution in [3.8, 4) is 0 Å². The molecule has 0 saturated heterocycles. The van der Waals surface area contributed by atoms with Crippen molar-refractivity contribution >= 4 is 5.91 Å². The number of nitrogens with two attached hydrogens (primary N) is 1. The average molecular weight is 222 g/mol. The van der Waals surface area contributed by atoms with Crippen LogP contribution in [-0.4, -0.2) is 18.5 Å². The second kappa shape index (κ2) is 7.23. The van der Waals surface area contributed by atoms with Gasteiger partial charge in [-0.05, 0) is 25.7 Å². The molecule has 1 amide bonds. The molecule has 3 N–H and O–H groups in total. The lowest BCUT2D eigenvalue weighted by molar-refractivity contribution is -0.117. The van der Waals surface area contributed by atoms with E-state index in [-0.39, 0.29) is 11.9 Å². The number of hydrogen-bond acceptors (Lipinski definition) is 2. The van der Waals surface area contributed by atoms with Crippen LogP contribution in [0.25, 0.3) is 0 Å². The van der Waals surface area contributed by atoms with E-state index < -0.39 is 0 Å². The molecular formula is C13H22N2O. The van der Waals surface area contributed by atoms with Gasteiger partial charge in [-0.2, -0.15) is 0 Å². The fraction of sp³-hybridized carbons (Fsp3) is 0.615. The number of allylic oxidation sites excluding steroid dienone is 3. The third-order valence-corrected chi connectivity index (χ3v) is 3.10. The Balaban J connectivity index is 2.39. The molecule has 0 bridgehead atoms. The Morgan fingerprint density at radius 1 is 1.44 bits per heavy atom. The fourth-order valence-electron chi connectivity index (χ4n) is 2.21. The van der Waals surface area contributed by atoms with Gasteiger partial charge in [-0.15, -0.1) is 0 Å². The first kappa shape index (κ1) is 13.0. The summed E-state index contributed by atoms with van der Waals surface area (Å²) in [6.45, 7) is 2.46. The summed E-state index contributed by atoms with van der Waals surface area (Å²) in [5.41, 5.74) is 5.70. The summed E-state index contributed by atoms with van der Waals surface area (Å²) in [6, 6.07) is 0.144. The summed E-state index contributed by atoms with van der Waals surface area (Å²) in [5, 5.41) is 2.98. The summed E-state index contributed by atoms with van der Waals surface area (Å²) in [5.74, 6) is 0.532. The van der Waals surface area contributed by atoms with Crippen molar-refractivity contribution in [3.05, 3.63) is 24.3 Å². The van der Waals surface area contributed by atoms with Crippen LogP contribution < -0.4 is 11.1 Å². The maximum Gasteiger partial charge on any atom is 0.244 e. The first-order valence-electron chi connectivity index (χ1n) is 6.08. The molecule has 3 nitrogen and oxygen atoms in total. The monoisotopic (exact) mass is 222 g/mol. The normalized spacial score (nSPS) is 19.6. The molecule has 1 fully saturated rings. The lowest BCUT2D eigenvalue weighted by Crippen LogP contribution is -2.43. The fourth-order valence-corrected chi connectivity index (χ4v) is 2.21. The van der Waals surface area contributed by atoms with Crippen molar-refractivity contribution in [1.29, 1.82) is 0 Å². The maximum atomic E-state index is 11.6. The summed E-state index contributed by atoms with van der Waals surface area (Å²) in [7, 11) is 0. The Hall–Kier alpha value is -1.09. The Morgan fingerprint density at radius 2 is 2.12 bits per heavy atom. The summed E-state index contributed by atoms with van der Waals surface area (Å²) in [6.07, 6.45) is 12.0. The Bertz CT molecular complexity index is 265. The first-order valence-corrected chi connectivity index (χ1v) is 6.08. The van der Waals surface area contributed by atoms with E-state index in [2.05, 4.69) is 5.32 Å². The van der Waals surface area contributed by atoms with Crippen LogP contribution >= 0.6 is 0 Å². The maximum absolute atomic E-state index is 11.6. The largest absolute Gasteiger partial charge is 0.348 e. The second-order valence-electron chi connectivity index (χ2n) is 4.28. The molecule has 1 aliphatic carbocycles. The predicted molar refractivity (Wildman–Crippen MR) is 66.9 cm³/mol. The summed E-state index contributed by atoms with van der Waals surface area (Å²) < 4.78 is 0. The van der Waals surface area contributed by atoms with Gasteiger partial charge < -0.3 is 11.1 Å². The van der Waals surface area contributed by atoms with Crippen LogP contribution in [0.5, 0.6) is 0 Å². The summed E-state index contributed by atoms with van der Waals surface area (Å²) >= 11 is 0. The number of rotatable bonds is 5. The smallest absolute Gasteiger partial charge is 0.244 e. The van der Waals surface area contributed by atoms with Gasteiger partial charge in [-0.25, -0.2) is 0 Å². The van der Waals surface area contributed by atoms with Crippen molar-refractivity contribution in [2.24, 2.45) is 11.7 Å². The van der Waals surface area contributed by atoms with Crippen LogP contribution in [0.4, 0.5) is 0 Å². The molecule has 1 rings (SSSR count). The molecule has 0 aromatic heterocycles. The highest BCUT2D eigenvalue weighted by atomic mass is 16.1. The van der Waals surface area contributed by atoms with Crippen molar-refractivity contribution in [2.45, 2.75) is 38.6 Å². The van der Waals surface area contributed by atoms with Crippen molar-refractivity contribution in [1.82, 2.24) is 5.32 Å². The molecule has 1 saturated carbocycles. The first-order chi connectivity index (χ1) is 7.77. The third kappa shape index (κ3) is 4.19. The zero-order chi connectivity index (χ0) is 11.8. The molecule has 0 spiro atoms. The van der Waals surface area contributed by atoms with E-state index in [9.17, 15) is 4.79 Å². The van der Waals surface area contributed by atoms with E-state index in [1.54, 1.807) is 12.2 Å². The van der Waals surface area contributed by atoms with Gasteiger partial charge in [0.25, 0.3) is 0 Å². The van der Waals surface area contributed by atoms with E-state index in [0.29, 0.717) is 12.5 Å². The van der Waals surface area contributed by atoms with Crippen molar-refractivity contribution < 1.29 is 4.79 Å². The number of carbonyl (C=O) groups excluding carboxylic acids is 1. The number of nitrogens with one attached hydrogen (secondary N) is 1. The van der Waals surface area contributed by atoms with E-state index in [4.69, 9.17) is 5.73 Å². The van der Waals surface area contributed by atoms with Gasteiger partial charge in [0.1, 0.15) is 0 Å². The molecular weight excluding hydrogens is 200 g/mol. The van der Waals surface area contributed by atoms with Gasteiger partial charge in [0.15, 0.2) is 0 Å². The van der Waals surface area contributed by atoms with Gasteiger partial charge in [0.05, 0.1) is 0 Å². The highest BCUT2D eigenvalue weighted by Gasteiger charge is 2.24. The lowest BCUT2D eigenvalue weighted by atomic mass is 9.98. The second-order valence-corrected chi connectivity index (χ2v) is 4.28. The average Bonchev–Trinajstić information content (AvgIpc) is 2.79. The van der Waals surface area contributed by atoms with Crippen LogP contribution in [0, 0.1) is 5.92 Å². The molecule has 1 atom stereocenters. The zero-order valence-corrected chi connectivity index (χ0v) is 9.99. The predicted octanol–water partition coefficient (Wildman–Crippen LogP) is 1.75. The van der Waals surface area contributed by atoms with Crippen LogP contribution in [0.15, 0.2) is 24.3 Å². The third-order valence-electron chi connectivity index (χ3n) is 3.10. The molecule has 1 aliphatic rings. The highest BCUT2D eigenvalue weighted by molar-refractivity contribution is 5.88. The Morgan fingerprint density at radius 3 is 2.69 bits per heavy atom. The number of carbonyl (C=O) groups is 1. The minimum atomic E-state index is -0.0413. The van der Waals surface area contributed by atoms with Gasteiger partial charge in [0.2, 0.25) is 5.91 Å².